The molecule has 3 aromatic carbocycles. The maximum Gasteiger partial charge on any atom is 0.0898 e. The van der Waals surface area contributed by atoms with E-state index in [9.17, 15) is 4.21 Å². The van der Waals surface area contributed by atoms with Crippen LogP contribution in [0.25, 0.3) is 10.8 Å². The molecule has 0 aromatic heterocycles. The van der Waals surface area contributed by atoms with E-state index in [-0.39, 0.29) is 0 Å². The lowest BCUT2D eigenvalue weighted by Gasteiger charge is -2.33. The fourth-order valence-corrected chi connectivity index (χ4v) is 4.72. The smallest absolute Gasteiger partial charge is 0.0898 e. The van der Waals surface area contributed by atoms with Crippen LogP contribution in [0.15, 0.2) is 70.5 Å². The van der Waals surface area contributed by atoms with E-state index in [0.29, 0.717) is 0 Å². The molecule has 1 unspecified atom stereocenters. The van der Waals surface area contributed by atoms with Gasteiger partial charge in [0.15, 0.2) is 0 Å². The second kappa shape index (κ2) is 5.25. The molecule has 0 saturated heterocycles. The van der Waals surface area contributed by atoms with Gasteiger partial charge in [-0.1, -0.05) is 49.4 Å². The third-order valence-electron chi connectivity index (χ3n) is 4.14. The van der Waals surface area contributed by atoms with Gasteiger partial charge in [0.05, 0.1) is 32.0 Å². The number of benzene rings is 3. The van der Waals surface area contributed by atoms with Crippen molar-refractivity contribution >= 4 is 32.9 Å². The van der Waals surface area contributed by atoms with Gasteiger partial charge in [0.1, 0.15) is 0 Å². The number of anilines is 2. The van der Waals surface area contributed by atoms with Crippen molar-refractivity contribution in [2.45, 2.75) is 23.1 Å². The SMILES string of the molecule is CCCN1c2ccccc2S(=O)c2c1ccc1ccccc21. The number of fused-ring (bicyclic) bond motifs is 4. The Morgan fingerprint density at radius 3 is 2.55 bits per heavy atom. The minimum Gasteiger partial charge on any atom is -0.339 e. The molecule has 1 atom stereocenters. The lowest BCUT2D eigenvalue weighted by molar-refractivity contribution is 0.681. The van der Waals surface area contributed by atoms with Crippen molar-refractivity contribution < 1.29 is 4.21 Å². The highest BCUT2D eigenvalue weighted by Gasteiger charge is 2.28. The van der Waals surface area contributed by atoms with E-state index in [2.05, 4.69) is 42.2 Å². The van der Waals surface area contributed by atoms with E-state index in [1.54, 1.807) is 0 Å². The minimum atomic E-state index is -1.13. The van der Waals surface area contributed by atoms with Gasteiger partial charge in [-0.15, -0.1) is 0 Å². The Balaban J connectivity index is 2.06. The highest BCUT2D eigenvalue weighted by molar-refractivity contribution is 7.85. The quantitative estimate of drug-likeness (QED) is 0.673. The maximum absolute atomic E-state index is 13.2. The molecular weight excluding hydrogens is 290 g/mol. The summed E-state index contributed by atoms with van der Waals surface area (Å²) in [5.74, 6) is 0. The van der Waals surface area contributed by atoms with Crippen LogP contribution in [0.4, 0.5) is 11.4 Å². The zero-order chi connectivity index (χ0) is 15.1. The summed E-state index contributed by atoms with van der Waals surface area (Å²) in [5, 5.41) is 2.24. The monoisotopic (exact) mass is 307 g/mol. The van der Waals surface area contributed by atoms with Gasteiger partial charge in [-0.3, -0.25) is 0 Å². The second-order valence-electron chi connectivity index (χ2n) is 5.52. The number of para-hydroxylation sites is 1. The van der Waals surface area contributed by atoms with Crippen LogP contribution in [0.2, 0.25) is 0 Å². The van der Waals surface area contributed by atoms with Crippen LogP contribution < -0.4 is 4.90 Å². The predicted octanol–water partition coefficient (Wildman–Crippen LogP) is 4.87. The van der Waals surface area contributed by atoms with E-state index < -0.39 is 10.8 Å². The summed E-state index contributed by atoms with van der Waals surface area (Å²) in [6, 6.07) is 20.5. The molecule has 22 heavy (non-hydrogen) atoms. The predicted molar refractivity (Wildman–Crippen MR) is 92.4 cm³/mol. The van der Waals surface area contributed by atoms with Gasteiger partial charge < -0.3 is 4.90 Å². The van der Waals surface area contributed by atoms with Gasteiger partial charge in [-0.25, -0.2) is 4.21 Å². The molecule has 0 radical (unpaired) electrons. The molecule has 3 heteroatoms. The van der Waals surface area contributed by atoms with E-state index in [1.807, 2.05) is 30.3 Å². The number of hydrogen-bond acceptors (Lipinski definition) is 2. The molecule has 0 aliphatic carbocycles. The fraction of sp³-hybridized carbons (Fsp3) is 0.158. The molecule has 0 amide bonds. The zero-order valence-electron chi connectivity index (χ0n) is 12.5. The van der Waals surface area contributed by atoms with Gasteiger partial charge in [-0.05, 0) is 30.0 Å². The first kappa shape index (κ1) is 13.5. The maximum atomic E-state index is 13.2. The average molecular weight is 307 g/mol. The lowest BCUT2D eigenvalue weighted by Crippen LogP contribution is -2.24. The van der Waals surface area contributed by atoms with Crippen molar-refractivity contribution in [3.05, 3.63) is 60.7 Å². The molecule has 0 N–H and O–H groups in total. The molecule has 0 bridgehead atoms. The van der Waals surface area contributed by atoms with Crippen molar-refractivity contribution in [2.75, 3.05) is 11.4 Å². The Labute approximate surface area is 132 Å². The molecule has 110 valence electrons. The molecule has 2 nitrogen and oxygen atoms in total. The largest absolute Gasteiger partial charge is 0.339 e. The average Bonchev–Trinajstić information content (AvgIpc) is 2.58. The fourth-order valence-electron chi connectivity index (χ4n) is 3.18. The first-order valence-electron chi connectivity index (χ1n) is 7.61. The lowest BCUT2D eigenvalue weighted by atomic mass is 10.1. The minimum absolute atomic E-state index is 0.916. The van der Waals surface area contributed by atoms with E-state index in [0.717, 1.165) is 44.9 Å². The molecule has 4 rings (SSSR count). The van der Waals surface area contributed by atoms with Crippen LogP contribution in [-0.4, -0.2) is 10.8 Å². The van der Waals surface area contributed by atoms with Gasteiger partial charge in [0.25, 0.3) is 0 Å². The third kappa shape index (κ3) is 1.89. The standard InChI is InChI=1S/C19H17NOS/c1-2-13-20-16-9-5-6-10-18(16)22(21)19-15-8-4-3-7-14(15)11-12-17(19)20/h3-12H,2,13H2,1H3. The molecule has 0 saturated carbocycles. The normalized spacial score (nSPS) is 16.4. The van der Waals surface area contributed by atoms with E-state index in [1.165, 1.54) is 0 Å². The van der Waals surface area contributed by atoms with Gasteiger partial charge in [-0.2, -0.15) is 0 Å². The Morgan fingerprint density at radius 2 is 1.68 bits per heavy atom. The topological polar surface area (TPSA) is 20.3 Å². The van der Waals surface area contributed by atoms with Crippen molar-refractivity contribution in [1.29, 1.82) is 0 Å². The van der Waals surface area contributed by atoms with Crippen LogP contribution in [-0.2, 0) is 10.8 Å². The van der Waals surface area contributed by atoms with E-state index in [4.69, 9.17) is 0 Å². The van der Waals surface area contributed by atoms with Crippen LogP contribution >= 0.6 is 0 Å². The van der Waals surface area contributed by atoms with Gasteiger partial charge >= 0.3 is 0 Å². The molecular formula is C19H17NOS. The summed E-state index contributed by atoms with van der Waals surface area (Å²) in [4.78, 5) is 4.17. The number of rotatable bonds is 2. The Bertz CT molecular complexity index is 887. The first-order chi connectivity index (χ1) is 10.8. The highest BCUT2D eigenvalue weighted by Crippen LogP contribution is 2.44. The molecule has 0 fully saturated rings. The summed E-state index contributed by atoms with van der Waals surface area (Å²) in [6.07, 6.45) is 1.05. The van der Waals surface area contributed by atoms with Crippen molar-refractivity contribution in [2.24, 2.45) is 0 Å². The summed E-state index contributed by atoms with van der Waals surface area (Å²) in [6.45, 7) is 3.11. The third-order valence-corrected chi connectivity index (χ3v) is 5.68. The Hall–Kier alpha value is -2.13. The molecule has 1 aliphatic heterocycles. The summed E-state index contributed by atoms with van der Waals surface area (Å²) in [7, 11) is -1.13. The molecule has 1 aliphatic rings. The first-order valence-corrected chi connectivity index (χ1v) is 8.76. The van der Waals surface area contributed by atoms with Crippen LogP contribution in [0.3, 0.4) is 0 Å². The van der Waals surface area contributed by atoms with Crippen LogP contribution in [0.5, 0.6) is 0 Å². The van der Waals surface area contributed by atoms with Gasteiger partial charge in [0.2, 0.25) is 0 Å². The van der Waals surface area contributed by atoms with Crippen molar-refractivity contribution in [3.63, 3.8) is 0 Å². The van der Waals surface area contributed by atoms with Crippen molar-refractivity contribution in [1.82, 2.24) is 0 Å². The second-order valence-corrected chi connectivity index (χ2v) is 6.91. The van der Waals surface area contributed by atoms with Crippen molar-refractivity contribution in [3.8, 4) is 0 Å². The van der Waals surface area contributed by atoms with Crippen LogP contribution in [0.1, 0.15) is 13.3 Å². The number of nitrogens with zero attached hydrogens (tertiary/aromatic N) is 1. The highest BCUT2D eigenvalue weighted by atomic mass is 32.2. The Morgan fingerprint density at radius 1 is 0.909 bits per heavy atom. The molecule has 3 aromatic rings. The zero-order valence-corrected chi connectivity index (χ0v) is 13.3. The summed E-state index contributed by atoms with van der Waals surface area (Å²) >= 11 is 0. The summed E-state index contributed by atoms with van der Waals surface area (Å²) in [5.41, 5.74) is 2.16. The van der Waals surface area contributed by atoms with E-state index >= 15 is 0 Å². The summed E-state index contributed by atoms with van der Waals surface area (Å²) < 4.78 is 13.2. The van der Waals surface area contributed by atoms with Gasteiger partial charge in [0, 0.05) is 11.9 Å². The molecule has 0 spiro atoms. The Kier molecular flexibility index (Phi) is 3.23. The number of hydrogen-bond donors (Lipinski definition) is 0. The van der Waals surface area contributed by atoms with Crippen LogP contribution in [0, 0.1) is 0 Å². The molecule has 1 heterocycles.